The Bertz CT molecular complexity index is 749. The van der Waals surface area contributed by atoms with Crippen LogP contribution in [-0.2, 0) is 6.18 Å². The molecule has 1 heterocycles. The van der Waals surface area contributed by atoms with Crippen molar-refractivity contribution in [1.29, 1.82) is 0 Å². The number of nitrogens with one attached hydrogen (secondary N) is 1. The fraction of sp³-hybridized carbons (Fsp3) is 0.100. The Balaban J connectivity index is 2.24. The third-order valence-electron chi connectivity index (χ3n) is 2.29. The van der Waals surface area contributed by atoms with E-state index in [1.54, 1.807) is 22.6 Å². The minimum atomic E-state index is -4.65. The number of benzene rings is 1. The highest BCUT2D eigenvalue weighted by Gasteiger charge is 2.35. The van der Waals surface area contributed by atoms with E-state index < -0.39 is 22.0 Å². The number of anilines is 1. The number of aromatic nitrogens is 2. The van der Waals surface area contributed by atoms with Crippen LogP contribution in [0.3, 0.4) is 0 Å². The lowest BCUT2D eigenvalue weighted by Gasteiger charge is -2.04. The molecular formula is C10H4F3IN4O3S. The average molecular weight is 444 g/mol. The van der Waals surface area contributed by atoms with Crippen LogP contribution in [0, 0.1) is 13.7 Å². The molecule has 0 spiro atoms. The van der Waals surface area contributed by atoms with Crippen LogP contribution in [0.2, 0.25) is 0 Å². The summed E-state index contributed by atoms with van der Waals surface area (Å²) in [5.74, 6) is -0.807. The van der Waals surface area contributed by atoms with Crippen LogP contribution in [0.5, 0.6) is 0 Å². The highest BCUT2D eigenvalue weighted by Crippen LogP contribution is 2.33. The number of carbonyl (C=O) groups is 1. The molecule has 0 fully saturated rings. The largest absolute Gasteiger partial charge is 0.445 e. The van der Waals surface area contributed by atoms with Gasteiger partial charge in [-0.1, -0.05) is 11.3 Å². The van der Waals surface area contributed by atoms with Gasteiger partial charge >= 0.3 is 6.18 Å². The van der Waals surface area contributed by atoms with Crippen molar-refractivity contribution in [2.24, 2.45) is 0 Å². The number of hydrogen-bond acceptors (Lipinski definition) is 6. The fourth-order valence-electron chi connectivity index (χ4n) is 1.35. The zero-order valence-electron chi connectivity index (χ0n) is 10.2. The maximum Gasteiger partial charge on any atom is 0.445 e. The molecule has 22 heavy (non-hydrogen) atoms. The lowest BCUT2D eigenvalue weighted by Crippen LogP contribution is -2.13. The molecule has 0 unspecified atom stereocenters. The summed E-state index contributed by atoms with van der Waals surface area (Å²) < 4.78 is 37.6. The summed E-state index contributed by atoms with van der Waals surface area (Å²) in [6.07, 6.45) is -4.65. The van der Waals surface area contributed by atoms with Gasteiger partial charge in [-0.2, -0.15) is 13.2 Å². The van der Waals surface area contributed by atoms with Crippen LogP contribution < -0.4 is 5.32 Å². The maximum absolute atomic E-state index is 12.4. The standard InChI is InChI=1S/C10H4F3IN4O3S/c11-10(12,13)8-16-17-9(22-8)15-7(19)5-3-4(18(20)21)1-2-6(5)14/h1-3H,(H,15,17,19). The molecule has 116 valence electrons. The summed E-state index contributed by atoms with van der Waals surface area (Å²) in [6.45, 7) is 0. The zero-order valence-corrected chi connectivity index (χ0v) is 13.2. The number of rotatable bonds is 3. The summed E-state index contributed by atoms with van der Waals surface area (Å²) in [5, 5.41) is 17.4. The zero-order chi connectivity index (χ0) is 16.5. The third kappa shape index (κ3) is 3.68. The molecule has 0 aliphatic carbocycles. The lowest BCUT2D eigenvalue weighted by atomic mass is 10.2. The number of nitro benzene ring substituents is 1. The Hall–Kier alpha value is -1.83. The Morgan fingerprint density at radius 2 is 2.05 bits per heavy atom. The van der Waals surface area contributed by atoms with Gasteiger partial charge in [0.25, 0.3) is 11.6 Å². The minimum absolute atomic E-state index is 0.0430. The first-order valence-electron chi connectivity index (χ1n) is 5.34. The van der Waals surface area contributed by atoms with Gasteiger partial charge in [-0.25, -0.2) is 0 Å². The Labute approximate surface area is 137 Å². The van der Waals surface area contributed by atoms with Crippen LogP contribution in [-0.4, -0.2) is 21.0 Å². The molecule has 0 saturated carbocycles. The number of alkyl halides is 3. The molecule has 1 N–H and O–H groups in total. The maximum atomic E-state index is 12.4. The molecular weight excluding hydrogens is 440 g/mol. The molecule has 0 atom stereocenters. The second kappa shape index (κ2) is 6.12. The smallest absolute Gasteiger partial charge is 0.296 e. The molecule has 2 aromatic rings. The van der Waals surface area contributed by atoms with Gasteiger partial charge in [0.1, 0.15) is 0 Å². The van der Waals surface area contributed by atoms with Gasteiger partial charge in [-0.3, -0.25) is 20.2 Å². The summed E-state index contributed by atoms with van der Waals surface area (Å²) in [4.78, 5) is 22.0. The minimum Gasteiger partial charge on any atom is -0.296 e. The van der Waals surface area contributed by atoms with Crippen molar-refractivity contribution in [3.05, 3.63) is 42.5 Å². The fourth-order valence-corrected chi connectivity index (χ4v) is 2.54. The van der Waals surface area contributed by atoms with Gasteiger partial charge < -0.3 is 0 Å². The average Bonchev–Trinajstić information content (AvgIpc) is 2.87. The monoisotopic (exact) mass is 444 g/mol. The van der Waals surface area contributed by atoms with E-state index in [1.165, 1.54) is 12.1 Å². The van der Waals surface area contributed by atoms with E-state index in [1.807, 2.05) is 0 Å². The SMILES string of the molecule is O=C(Nc1nnc(C(F)(F)F)s1)c1cc([N+](=O)[O-])ccc1I. The van der Waals surface area contributed by atoms with Crippen LogP contribution in [0.15, 0.2) is 18.2 Å². The molecule has 0 bridgehead atoms. The Morgan fingerprint density at radius 1 is 1.36 bits per heavy atom. The lowest BCUT2D eigenvalue weighted by molar-refractivity contribution is -0.384. The van der Waals surface area contributed by atoms with Crippen LogP contribution in [0.4, 0.5) is 24.0 Å². The number of amides is 1. The number of nitro groups is 1. The van der Waals surface area contributed by atoms with E-state index in [9.17, 15) is 28.1 Å². The van der Waals surface area contributed by atoms with Crippen LogP contribution >= 0.6 is 33.9 Å². The second-order valence-corrected chi connectivity index (χ2v) is 5.93. The number of non-ortho nitro benzene ring substituents is 1. The summed E-state index contributed by atoms with van der Waals surface area (Å²) >= 11 is 1.94. The molecule has 7 nitrogen and oxygen atoms in total. The van der Waals surface area contributed by atoms with Crippen LogP contribution in [0.1, 0.15) is 15.4 Å². The first-order valence-corrected chi connectivity index (χ1v) is 7.24. The van der Waals surface area contributed by atoms with Gasteiger partial charge in [0.15, 0.2) is 0 Å². The molecule has 1 aromatic carbocycles. The predicted molar refractivity (Wildman–Crippen MR) is 78.7 cm³/mol. The number of halogens is 4. The van der Waals surface area contributed by atoms with Crippen molar-refractivity contribution in [3.63, 3.8) is 0 Å². The molecule has 0 saturated heterocycles. The second-order valence-electron chi connectivity index (χ2n) is 3.79. The van der Waals surface area contributed by atoms with E-state index in [2.05, 4.69) is 15.5 Å². The van der Waals surface area contributed by atoms with Crippen molar-refractivity contribution in [2.75, 3.05) is 5.32 Å². The van der Waals surface area contributed by atoms with Crippen molar-refractivity contribution in [1.82, 2.24) is 10.2 Å². The van der Waals surface area contributed by atoms with Crippen molar-refractivity contribution in [2.45, 2.75) is 6.18 Å². The molecule has 1 amide bonds. The third-order valence-corrected chi connectivity index (χ3v) is 4.12. The highest BCUT2D eigenvalue weighted by atomic mass is 127. The predicted octanol–water partition coefficient (Wildman–Crippen LogP) is 3.32. The summed E-state index contributed by atoms with van der Waals surface area (Å²) in [5.41, 5.74) is -0.350. The first kappa shape index (κ1) is 16.5. The van der Waals surface area contributed by atoms with Crippen LogP contribution in [0.25, 0.3) is 0 Å². The van der Waals surface area contributed by atoms with Gasteiger partial charge in [-0.05, 0) is 28.7 Å². The number of hydrogen-bond donors (Lipinski definition) is 1. The Morgan fingerprint density at radius 3 is 2.59 bits per heavy atom. The van der Waals surface area contributed by atoms with E-state index >= 15 is 0 Å². The van der Waals surface area contributed by atoms with Crippen molar-refractivity contribution in [3.8, 4) is 0 Å². The van der Waals surface area contributed by atoms with Gasteiger partial charge in [0, 0.05) is 15.7 Å². The van der Waals surface area contributed by atoms with Gasteiger partial charge in [0.05, 0.1) is 10.5 Å². The van der Waals surface area contributed by atoms with E-state index in [0.717, 1.165) is 6.07 Å². The molecule has 12 heteroatoms. The van der Waals surface area contributed by atoms with Crippen molar-refractivity contribution >= 4 is 50.7 Å². The molecule has 1 aromatic heterocycles. The Kier molecular flexibility index (Phi) is 4.60. The topological polar surface area (TPSA) is 98.0 Å². The molecule has 2 rings (SSSR count). The van der Waals surface area contributed by atoms with E-state index in [0.29, 0.717) is 3.57 Å². The summed E-state index contributed by atoms with van der Waals surface area (Å²) in [6, 6.07) is 3.60. The quantitative estimate of drug-likeness (QED) is 0.445. The molecule has 0 aliphatic heterocycles. The highest BCUT2D eigenvalue weighted by molar-refractivity contribution is 14.1. The molecule has 0 radical (unpaired) electrons. The summed E-state index contributed by atoms with van der Waals surface area (Å²) in [7, 11) is 0. The van der Waals surface area contributed by atoms with Gasteiger partial charge in [0.2, 0.25) is 10.1 Å². The normalized spacial score (nSPS) is 11.3. The van der Waals surface area contributed by atoms with E-state index in [-0.39, 0.29) is 27.7 Å². The van der Waals surface area contributed by atoms with Crippen molar-refractivity contribution < 1.29 is 22.9 Å². The number of carbonyl (C=O) groups excluding carboxylic acids is 1. The van der Waals surface area contributed by atoms with Gasteiger partial charge in [-0.15, -0.1) is 10.2 Å². The number of nitrogens with zero attached hydrogens (tertiary/aromatic N) is 3. The first-order chi connectivity index (χ1) is 10.2. The molecule has 0 aliphatic rings. The van der Waals surface area contributed by atoms with E-state index in [4.69, 9.17) is 0 Å².